The standard InChI is InChI=1S/C17H20N4O3.ClH/c22-15(19-11-12-5-8-18-9-6-12)7-10-21-17(24)14-4-2-1-3-13(14)16(23)20-21;/h1-5,18H,6-11H2,(H,19,22)(H,20,23);1H. The molecular weight excluding hydrogens is 344 g/mol. The van der Waals surface area contributed by atoms with Gasteiger partial charge < -0.3 is 10.6 Å². The molecule has 1 aliphatic rings. The van der Waals surface area contributed by atoms with Crippen LogP contribution < -0.4 is 21.8 Å². The highest BCUT2D eigenvalue weighted by Gasteiger charge is 2.09. The summed E-state index contributed by atoms with van der Waals surface area (Å²) in [7, 11) is 0. The number of fused-ring (bicyclic) bond motifs is 1. The lowest BCUT2D eigenvalue weighted by Gasteiger charge is -2.14. The molecule has 3 rings (SSSR count). The summed E-state index contributed by atoms with van der Waals surface area (Å²) < 4.78 is 1.20. The van der Waals surface area contributed by atoms with Gasteiger partial charge in [0.2, 0.25) is 5.91 Å². The molecular formula is C17H21ClN4O3. The van der Waals surface area contributed by atoms with Gasteiger partial charge in [0.05, 0.1) is 17.3 Å². The summed E-state index contributed by atoms with van der Waals surface area (Å²) in [5.41, 5.74) is 0.586. The molecule has 2 aromatic rings. The van der Waals surface area contributed by atoms with Crippen LogP contribution >= 0.6 is 12.4 Å². The van der Waals surface area contributed by atoms with Crippen molar-refractivity contribution in [1.29, 1.82) is 0 Å². The second-order valence-electron chi connectivity index (χ2n) is 5.79. The van der Waals surface area contributed by atoms with E-state index in [1.165, 1.54) is 10.3 Å². The average Bonchev–Trinajstić information content (AvgIpc) is 2.62. The monoisotopic (exact) mass is 364 g/mol. The lowest BCUT2D eigenvalue weighted by Crippen LogP contribution is -2.33. The summed E-state index contributed by atoms with van der Waals surface area (Å²) in [6.07, 6.45) is 3.15. The van der Waals surface area contributed by atoms with E-state index < -0.39 is 0 Å². The quantitative estimate of drug-likeness (QED) is 0.675. The van der Waals surface area contributed by atoms with Gasteiger partial charge in [0.15, 0.2) is 0 Å². The molecule has 25 heavy (non-hydrogen) atoms. The van der Waals surface area contributed by atoms with Gasteiger partial charge in [-0.1, -0.05) is 23.8 Å². The number of carbonyl (C=O) groups is 1. The first-order valence-electron chi connectivity index (χ1n) is 8.02. The van der Waals surface area contributed by atoms with Crippen LogP contribution in [0.2, 0.25) is 0 Å². The zero-order chi connectivity index (χ0) is 16.9. The van der Waals surface area contributed by atoms with Gasteiger partial charge in [-0.3, -0.25) is 19.5 Å². The van der Waals surface area contributed by atoms with Crippen molar-refractivity contribution in [3.8, 4) is 0 Å². The van der Waals surface area contributed by atoms with Crippen molar-refractivity contribution >= 4 is 29.1 Å². The first-order chi connectivity index (χ1) is 11.6. The number of carbonyl (C=O) groups excluding carboxylic acids is 1. The van der Waals surface area contributed by atoms with Crippen molar-refractivity contribution in [2.24, 2.45) is 0 Å². The summed E-state index contributed by atoms with van der Waals surface area (Å²) >= 11 is 0. The minimum Gasteiger partial charge on any atom is -0.352 e. The number of aromatic nitrogens is 2. The molecule has 0 saturated heterocycles. The van der Waals surface area contributed by atoms with Crippen molar-refractivity contribution in [3.05, 3.63) is 56.6 Å². The van der Waals surface area contributed by atoms with E-state index in [0.717, 1.165) is 19.5 Å². The molecule has 134 valence electrons. The van der Waals surface area contributed by atoms with Gasteiger partial charge in [-0.05, 0) is 25.1 Å². The van der Waals surface area contributed by atoms with Crippen LogP contribution in [0.3, 0.4) is 0 Å². The van der Waals surface area contributed by atoms with Gasteiger partial charge in [-0.25, -0.2) is 4.68 Å². The number of aryl methyl sites for hydroxylation is 1. The van der Waals surface area contributed by atoms with Crippen LogP contribution in [-0.4, -0.2) is 35.3 Å². The minimum atomic E-state index is -0.328. The number of rotatable bonds is 5. The van der Waals surface area contributed by atoms with Crippen LogP contribution in [-0.2, 0) is 11.3 Å². The molecule has 0 unspecified atom stereocenters. The van der Waals surface area contributed by atoms with E-state index in [0.29, 0.717) is 17.3 Å². The summed E-state index contributed by atoms with van der Waals surface area (Å²) in [5.74, 6) is -0.143. The number of nitrogens with zero attached hydrogens (tertiary/aromatic N) is 1. The number of hydrogen-bond acceptors (Lipinski definition) is 4. The number of hydrogen-bond donors (Lipinski definition) is 3. The second-order valence-corrected chi connectivity index (χ2v) is 5.79. The van der Waals surface area contributed by atoms with Gasteiger partial charge in [0.1, 0.15) is 0 Å². The minimum absolute atomic E-state index is 0. The Kier molecular flexibility index (Phi) is 6.55. The Morgan fingerprint density at radius 2 is 1.96 bits per heavy atom. The van der Waals surface area contributed by atoms with Crippen molar-refractivity contribution < 1.29 is 4.79 Å². The van der Waals surface area contributed by atoms with Crippen molar-refractivity contribution in [3.63, 3.8) is 0 Å². The van der Waals surface area contributed by atoms with E-state index in [9.17, 15) is 14.4 Å². The number of benzene rings is 1. The molecule has 1 amide bonds. The normalized spacial score (nSPS) is 13.8. The average molecular weight is 365 g/mol. The molecule has 0 spiro atoms. The Balaban J connectivity index is 0.00000225. The maximum Gasteiger partial charge on any atom is 0.273 e. The van der Waals surface area contributed by atoms with E-state index in [1.54, 1.807) is 24.3 Å². The Labute approximate surface area is 150 Å². The van der Waals surface area contributed by atoms with Crippen molar-refractivity contribution in [2.45, 2.75) is 19.4 Å². The zero-order valence-electron chi connectivity index (χ0n) is 13.7. The molecule has 8 heteroatoms. The Morgan fingerprint density at radius 1 is 1.20 bits per heavy atom. The van der Waals surface area contributed by atoms with Crippen LogP contribution in [0.5, 0.6) is 0 Å². The molecule has 3 N–H and O–H groups in total. The number of halogens is 1. The SMILES string of the molecule is Cl.O=C(CCn1[nH]c(=O)c2ccccc2c1=O)NCC1=CCNCC1. The predicted octanol–water partition coefficient (Wildman–Crippen LogP) is 0.538. The largest absolute Gasteiger partial charge is 0.352 e. The molecule has 0 bridgehead atoms. The highest BCUT2D eigenvalue weighted by Crippen LogP contribution is 2.03. The third-order valence-corrected chi connectivity index (χ3v) is 4.12. The Hall–Kier alpha value is -2.38. The van der Waals surface area contributed by atoms with Crippen LogP contribution in [0.1, 0.15) is 12.8 Å². The van der Waals surface area contributed by atoms with Gasteiger partial charge in [0, 0.05) is 19.5 Å². The highest BCUT2D eigenvalue weighted by molar-refractivity contribution is 5.85. The maximum absolute atomic E-state index is 12.3. The first-order valence-corrected chi connectivity index (χ1v) is 8.02. The maximum atomic E-state index is 12.3. The molecule has 1 aromatic carbocycles. The lowest BCUT2D eigenvalue weighted by molar-refractivity contribution is -0.121. The number of H-pyrrole nitrogens is 1. The first kappa shape index (κ1) is 19.0. The van der Waals surface area contributed by atoms with E-state index in [4.69, 9.17) is 0 Å². The Morgan fingerprint density at radius 3 is 2.68 bits per heavy atom. The fourth-order valence-corrected chi connectivity index (χ4v) is 2.75. The molecule has 0 fully saturated rings. The summed E-state index contributed by atoms with van der Waals surface area (Å²) in [4.78, 5) is 36.3. The molecule has 2 heterocycles. The molecule has 0 aliphatic carbocycles. The van der Waals surface area contributed by atoms with Crippen LogP contribution in [0.15, 0.2) is 45.5 Å². The van der Waals surface area contributed by atoms with Gasteiger partial charge in [-0.15, -0.1) is 12.4 Å². The second kappa shape index (κ2) is 8.64. The van der Waals surface area contributed by atoms with Crippen molar-refractivity contribution in [1.82, 2.24) is 20.4 Å². The smallest absolute Gasteiger partial charge is 0.273 e. The van der Waals surface area contributed by atoms with E-state index in [-0.39, 0.29) is 42.4 Å². The molecule has 7 nitrogen and oxygen atoms in total. The van der Waals surface area contributed by atoms with E-state index in [1.807, 2.05) is 0 Å². The molecule has 0 saturated carbocycles. The van der Waals surface area contributed by atoms with Crippen molar-refractivity contribution in [2.75, 3.05) is 19.6 Å². The predicted molar refractivity (Wildman–Crippen MR) is 99.3 cm³/mol. The molecule has 0 radical (unpaired) electrons. The van der Waals surface area contributed by atoms with E-state index >= 15 is 0 Å². The summed E-state index contributed by atoms with van der Waals surface area (Å²) in [5, 5.41) is 9.32. The molecule has 1 aromatic heterocycles. The fraction of sp³-hybridized carbons (Fsp3) is 0.353. The van der Waals surface area contributed by atoms with Crippen LogP contribution in [0.4, 0.5) is 0 Å². The zero-order valence-corrected chi connectivity index (χ0v) is 14.5. The Bertz CT molecular complexity index is 901. The lowest BCUT2D eigenvalue weighted by atomic mass is 10.1. The third kappa shape index (κ3) is 4.58. The van der Waals surface area contributed by atoms with Gasteiger partial charge >= 0.3 is 0 Å². The fourth-order valence-electron chi connectivity index (χ4n) is 2.75. The third-order valence-electron chi connectivity index (χ3n) is 4.12. The number of nitrogens with one attached hydrogen (secondary N) is 3. The van der Waals surface area contributed by atoms with Crippen LogP contribution in [0.25, 0.3) is 10.8 Å². The summed E-state index contributed by atoms with van der Waals surface area (Å²) in [6.45, 7) is 2.43. The molecule has 0 atom stereocenters. The highest BCUT2D eigenvalue weighted by atomic mass is 35.5. The van der Waals surface area contributed by atoms with Gasteiger partial charge in [0.25, 0.3) is 11.1 Å². The molecule has 1 aliphatic heterocycles. The van der Waals surface area contributed by atoms with Crippen LogP contribution in [0, 0.1) is 0 Å². The number of aromatic amines is 1. The topological polar surface area (TPSA) is 96.0 Å². The van der Waals surface area contributed by atoms with E-state index in [2.05, 4.69) is 21.8 Å². The number of amides is 1. The summed E-state index contributed by atoms with van der Waals surface area (Å²) in [6, 6.07) is 6.66. The van der Waals surface area contributed by atoms with Gasteiger partial charge in [-0.2, -0.15) is 0 Å².